The van der Waals surface area contributed by atoms with E-state index >= 15 is 0 Å². The lowest BCUT2D eigenvalue weighted by atomic mass is 9.58. The van der Waals surface area contributed by atoms with E-state index in [1.807, 2.05) is 0 Å². The predicted octanol–water partition coefficient (Wildman–Crippen LogP) is -1.45. The molecule has 11 nitrogen and oxygen atoms in total. The maximum atomic E-state index is 13.5. The van der Waals surface area contributed by atoms with Crippen molar-refractivity contribution in [2.45, 2.75) is 75.5 Å². The van der Waals surface area contributed by atoms with E-state index in [4.69, 9.17) is 17.2 Å². The fourth-order valence-corrected chi connectivity index (χ4v) is 4.86. The number of carbonyl (C=O) groups is 6. The first-order valence-corrected chi connectivity index (χ1v) is 11.1. The monoisotopic (exact) mass is 470 g/mol. The molecule has 1 heterocycles. The number of hydrogen-bond donors (Lipinski definition) is 5. The van der Waals surface area contributed by atoms with Gasteiger partial charge in [-0.3, -0.25) is 28.9 Å². The molecule has 12 heteroatoms. The van der Waals surface area contributed by atoms with Crippen molar-refractivity contribution in [3.05, 3.63) is 0 Å². The van der Waals surface area contributed by atoms with E-state index in [1.165, 1.54) is 0 Å². The Labute approximate surface area is 190 Å². The SMILES string of the molecule is CC1([C@]2(C(=O)O)C(=O)CCCC(N)C(=O)N2C(=O)[C@@H](N)CS)CC(=O)CCCC(N)C1=O. The number of hydrogen-bond acceptors (Lipinski definition) is 10. The quantitative estimate of drug-likeness (QED) is 0.239. The van der Waals surface area contributed by atoms with Crippen LogP contribution in [0.15, 0.2) is 0 Å². The Morgan fingerprint density at radius 1 is 1.12 bits per heavy atom. The highest BCUT2D eigenvalue weighted by Crippen LogP contribution is 2.46. The minimum atomic E-state index is -3.03. The summed E-state index contributed by atoms with van der Waals surface area (Å²) in [5.74, 6) is -6.98. The number of ketones is 3. The van der Waals surface area contributed by atoms with Gasteiger partial charge in [0.15, 0.2) is 11.6 Å². The zero-order chi connectivity index (χ0) is 24.4. The number of aliphatic carboxylic acids is 1. The van der Waals surface area contributed by atoms with E-state index in [2.05, 4.69) is 12.6 Å². The van der Waals surface area contributed by atoms with Crippen molar-refractivity contribution in [2.75, 3.05) is 5.75 Å². The number of carboxylic acids is 1. The molecule has 2 amide bonds. The maximum Gasteiger partial charge on any atom is 0.339 e. The topological polar surface area (TPSA) is 204 Å². The van der Waals surface area contributed by atoms with Gasteiger partial charge in [-0.25, -0.2) is 4.79 Å². The smallest absolute Gasteiger partial charge is 0.339 e. The Kier molecular flexibility index (Phi) is 7.97. The van der Waals surface area contributed by atoms with Gasteiger partial charge in [0.1, 0.15) is 5.78 Å². The maximum absolute atomic E-state index is 13.5. The first kappa shape index (κ1) is 26.1. The Bertz CT molecular complexity index is 842. The van der Waals surface area contributed by atoms with Crippen molar-refractivity contribution < 1.29 is 33.9 Å². The van der Waals surface area contributed by atoms with Crippen LogP contribution in [0.3, 0.4) is 0 Å². The number of carbonyl (C=O) groups excluding carboxylic acids is 5. The summed E-state index contributed by atoms with van der Waals surface area (Å²) in [4.78, 5) is 79.4. The van der Waals surface area contributed by atoms with E-state index in [-0.39, 0.29) is 42.8 Å². The van der Waals surface area contributed by atoms with Crippen LogP contribution in [0.4, 0.5) is 0 Å². The van der Waals surface area contributed by atoms with Crippen LogP contribution in [-0.4, -0.2) is 74.6 Å². The van der Waals surface area contributed by atoms with Gasteiger partial charge in [0.2, 0.25) is 17.4 Å². The molecule has 0 bridgehead atoms. The van der Waals surface area contributed by atoms with E-state index in [1.54, 1.807) is 0 Å². The molecule has 0 spiro atoms. The van der Waals surface area contributed by atoms with Gasteiger partial charge in [-0.2, -0.15) is 12.6 Å². The Morgan fingerprint density at radius 2 is 1.69 bits per heavy atom. The molecule has 178 valence electrons. The number of nitrogens with two attached hydrogens (primary N) is 3. The van der Waals surface area contributed by atoms with Gasteiger partial charge in [0.05, 0.1) is 23.5 Å². The molecule has 0 radical (unpaired) electrons. The molecule has 7 N–H and O–H groups in total. The van der Waals surface area contributed by atoms with E-state index in [9.17, 15) is 33.9 Å². The summed E-state index contributed by atoms with van der Waals surface area (Å²) >= 11 is 3.94. The number of Topliss-reactive ketones (excluding diaryl/α,β-unsaturated/α-hetero) is 3. The molecule has 2 rings (SSSR count). The van der Waals surface area contributed by atoms with Crippen LogP contribution < -0.4 is 17.2 Å². The van der Waals surface area contributed by atoms with Gasteiger partial charge in [-0.05, 0) is 32.6 Å². The van der Waals surface area contributed by atoms with Gasteiger partial charge in [-0.1, -0.05) is 0 Å². The van der Waals surface area contributed by atoms with Crippen LogP contribution in [0.5, 0.6) is 0 Å². The lowest BCUT2D eigenvalue weighted by molar-refractivity contribution is -0.185. The summed E-state index contributed by atoms with van der Waals surface area (Å²) in [6, 6.07) is -3.96. The summed E-state index contributed by atoms with van der Waals surface area (Å²) in [5.41, 5.74) is 12.4. The van der Waals surface area contributed by atoms with Gasteiger partial charge >= 0.3 is 5.97 Å². The van der Waals surface area contributed by atoms with Gasteiger partial charge in [-0.15, -0.1) is 0 Å². The molecular weight excluding hydrogens is 440 g/mol. The normalized spacial score (nSPS) is 33.7. The number of nitrogens with zero attached hydrogens (tertiary/aromatic N) is 1. The standard InChI is InChI=1S/C20H30N4O7S/c1-19(8-10(25)4-2-5-11(21)15(19)27)20(18(30)31)14(26)7-3-6-12(22)16(28)24(20)17(29)13(23)9-32/h11-13,32H,2-9,21-23H2,1H3,(H,30,31)/t11?,12?,13-,19?,20+/m0/s1. The second-order valence-corrected chi connectivity index (χ2v) is 9.01. The number of rotatable bonds is 4. The van der Waals surface area contributed by atoms with Crippen molar-refractivity contribution in [3.63, 3.8) is 0 Å². The highest BCUT2D eigenvalue weighted by atomic mass is 32.1. The second kappa shape index (κ2) is 9.77. The Balaban J connectivity index is 2.95. The third-order valence-corrected chi connectivity index (χ3v) is 6.83. The van der Waals surface area contributed by atoms with Crippen molar-refractivity contribution in [1.82, 2.24) is 4.90 Å². The average Bonchev–Trinajstić information content (AvgIpc) is 2.72. The molecule has 1 saturated heterocycles. The minimum Gasteiger partial charge on any atom is -0.479 e. The first-order valence-electron chi connectivity index (χ1n) is 10.4. The van der Waals surface area contributed by atoms with Crippen molar-refractivity contribution in [3.8, 4) is 0 Å². The molecule has 2 aliphatic rings. The first-order chi connectivity index (χ1) is 14.9. The second-order valence-electron chi connectivity index (χ2n) is 8.65. The number of amides is 2. The van der Waals surface area contributed by atoms with Crippen molar-refractivity contribution in [2.24, 2.45) is 22.6 Å². The molecule has 1 aliphatic carbocycles. The van der Waals surface area contributed by atoms with Gasteiger partial charge in [0.25, 0.3) is 0 Å². The fraction of sp³-hybridized carbons (Fsp3) is 0.700. The molecule has 1 aliphatic heterocycles. The molecule has 5 atom stereocenters. The average molecular weight is 471 g/mol. The number of imide groups is 1. The Hall–Kier alpha value is -2.15. The number of thiol groups is 1. The molecule has 0 aromatic carbocycles. The zero-order valence-corrected chi connectivity index (χ0v) is 18.8. The largest absolute Gasteiger partial charge is 0.479 e. The van der Waals surface area contributed by atoms with Crippen LogP contribution in [0.25, 0.3) is 0 Å². The lowest BCUT2D eigenvalue weighted by Gasteiger charge is -2.51. The van der Waals surface area contributed by atoms with Gasteiger partial charge < -0.3 is 22.3 Å². The van der Waals surface area contributed by atoms with E-state index in [0.29, 0.717) is 6.42 Å². The third kappa shape index (κ3) is 4.12. The van der Waals surface area contributed by atoms with E-state index in [0.717, 1.165) is 6.92 Å². The van der Waals surface area contributed by atoms with Crippen molar-refractivity contribution in [1.29, 1.82) is 0 Å². The van der Waals surface area contributed by atoms with Crippen LogP contribution in [0.1, 0.15) is 51.9 Å². The minimum absolute atomic E-state index is 0.0119. The van der Waals surface area contributed by atoms with Crippen LogP contribution in [0.2, 0.25) is 0 Å². The number of carboxylic acid groups (broad SMARTS) is 1. The highest BCUT2D eigenvalue weighted by Gasteiger charge is 2.70. The fourth-order valence-electron chi connectivity index (χ4n) is 4.70. The highest BCUT2D eigenvalue weighted by molar-refractivity contribution is 7.80. The lowest BCUT2D eigenvalue weighted by Crippen LogP contribution is -2.77. The summed E-state index contributed by atoms with van der Waals surface area (Å²) in [7, 11) is 0. The molecule has 0 aromatic rings. The molecular formula is C20H30N4O7S. The van der Waals surface area contributed by atoms with Crippen molar-refractivity contribution >= 4 is 47.8 Å². The third-order valence-electron chi connectivity index (χ3n) is 6.44. The van der Waals surface area contributed by atoms with Gasteiger partial charge in [0, 0.05) is 25.0 Å². The van der Waals surface area contributed by atoms with Crippen LogP contribution >= 0.6 is 12.6 Å². The molecule has 2 fully saturated rings. The van der Waals surface area contributed by atoms with Crippen LogP contribution in [-0.2, 0) is 28.8 Å². The summed E-state index contributed by atoms with van der Waals surface area (Å²) < 4.78 is 0. The molecule has 1 saturated carbocycles. The van der Waals surface area contributed by atoms with Crippen LogP contribution in [0, 0.1) is 5.41 Å². The molecule has 0 aromatic heterocycles. The van der Waals surface area contributed by atoms with E-state index < -0.39 is 70.6 Å². The molecule has 32 heavy (non-hydrogen) atoms. The molecule has 3 unspecified atom stereocenters. The number of likely N-dealkylation sites (tertiary alicyclic amines) is 1. The summed E-state index contributed by atoms with van der Waals surface area (Å²) in [6.45, 7) is 1.11. The predicted molar refractivity (Wildman–Crippen MR) is 115 cm³/mol. The summed E-state index contributed by atoms with van der Waals surface area (Å²) in [6.07, 6.45) is -0.569. The zero-order valence-electron chi connectivity index (χ0n) is 17.9. The summed E-state index contributed by atoms with van der Waals surface area (Å²) in [5, 5.41) is 10.5. The Morgan fingerprint density at radius 3 is 2.25 bits per heavy atom.